The Balaban J connectivity index is 0.000000696. The molecule has 0 spiro atoms. The molecule has 33 heavy (non-hydrogen) atoms. The smallest absolute Gasteiger partial charge is 0.466 e. The van der Waals surface area contributed by atoms with Crippen LogP contribution >= 0.6 is 7.82 Å². The molecule has 1 aromatic heterocycles. The van der Waals surface area contributed by atoms with Gasteiger partial charge in [-0.15, -0.1) is 0 Å². The molecule has 0 aliphatic heterocycles. The summed E-state index contributed by atoms with van der Waals surface area (Å²) in [6.07, 6.45) is 3.73. The molecule has 0 atom stereocenters. The summed E-state index contributed by atoms with van der Waals surface area (Å²) in [5.74, 6) is 0.578. The van der Waals surface area contributed by atoms with Gasteiger partial charge in [-0.25, -0.2) is 14.3 Å². The van der Waals surface area contributed by atoms with Crippen LogP contribution in [0.2, 0.25) is 0 Å². The van der Waals surface area contributed by atoms with E-state index < -0.39 is 13.8 Å². The maximum absolute atomic E-state index is 11.8. The molecule has 3 rings (SSSR count). The van der Waals surface area contributed by atoms with Gasteiger partial charge in [0.15, 0.2) is 0 Å². The summed E-state index contributed by atoms with van der Waals surface area (Å²) < 4.78 is 24.0. The molecular formula is C21H23N2O9P. The molecule has 0 saturated heterocycles. The number of H-pyrrole nitrogens is 1. The van der Waals surface area contributed by atoms with Crippen molar-refractivity contribution in [2.75, 3.05) is 20.3 Å². The minimum Gasteiger partial charge on any atom is -0.490 e. The molecule has 0 saturated carbocycles. The number of para-hydroxylation sites is 1. The van der Waals surface area contributed by atoms with Gasteiger partial charge in [0.2, 0.25) is 0 Å². The minimum atomic E-state index is -4.64. The molecule has 3 aromatic rings. The minimum absolute atomic E-state index is 0.219. The van der Waals surface area contributed by atoms with Gasteiger partial charge in [0, 0.05) is 6.92 Å². The van der Waals surface area contributed by atoms with E-state index in [0.29, 0.717) is 29.3 Å². The van der Waals surface area contributed by atoms with Crippen LogP contribution in [-0.4, -0.2) is 56.9 Å². The second-order valence-corrected chi connectivity index (χ2v) is 7.45. The van der Waals surface area contributed by atoms with Crippen LogP contribution in [0.15, 0.2) is 42.5 Å². The highest BCUT2D eigenvalue weighted by Crippen LogP contribution is 2.25. The number of esters is 2. The molecule has 11 nitrogen and oxygen atoms in total. The van der Waals surface area contributed by atoms with Crippen molar-refractivity contribution in [1.29, 1.82) is 0 Å². The first-order chi connectivity index (χ1) is 15.6. The Labute approximate surface area is 188 Å². The highest BCUT2D eigenvalue weighted by Gasteiger charge is 2.13. The molecule has 0 amide bonds. The fraction of sp³-hybridized carbons (Fsp3) is 0.190. The van der Waals surface area contributed by atoms with E-state index in [-0.39, 0.29) is 12.6 Å². The molecule has 4 N–H and O–H groups in total. The zero-order chi connectivity index (χ0) is 24.4. The first kappa shape index (κ1) is 25.8. The number of aromatic nitrogens is 2. The van der Waals surface area contributed by atoms with Crippen molar-refractivity contribution in [3.63, 3.8) is 0 Å². The van der Waals surface area contributed by atoms with E-state index >= 15 is 0 Å². The third-order valence-electron chi connectivity index (χ3n) is 3.91. The summed E-state index contributed by atoms with van der Waals surface area (Å²) >= 11 is 0. The number of carbonyl (C=O) groups excluding carboxylic acids is 2. The third kappa shape index (κ3) is 9.26. The Morgan fingerprint density at radius 1 is 1.06 bits per heavy atom. The summed E-state index contributed by atoms with van der Waals surface area (Å²) in [7, 11) is -3.29. The summed E-state index contributed by atoms with van der Waals surface area (Å²) in [4.78, 5) is 51.7. The standard InChI is InChI=1S/C21H20N2O5.H3O4P/c1-14(24)27-12-13-28-16-9-6-15(7-10-16)8-11-19-22-18-5-3-4-17(20(18)23-19)21(25)26-2;1-5(2,3)4/h3-11H,12-13H2,1-2H3,(H,22,23);(H3,1,2,3,4)/b11-8+;. The van der Waals surface area contributed by atoms with Crippen molar-refractivity contribution in [2.24, 2.45) is 0 Å². The average molecular weight is 478 g/mol. The first-order valence-corrected chi connectivity index (χ1v) is 11.0. The first-order valence-electron chi connectivity index (χ1n) is 9.46. The largest absolute Gasteiger partial charge is 0.490 e. The lowest BCUT2D eigenvalue weighted by Crippen LogP contribution is -2.09. The molecule has 0 bridgehead atoms. The Bertz CT molecular complexity index is 1160. The normalized spacial score (nSPS) is 11.1. The van der Waals surface area contributed by atoms with Crippen molar-refractivity contribution in [1.82, 2.24) is 9.97 Å². The Morgan fingerprint density at radius 3 is 2.33 bits per heavy atom. The maximum Gasteiger partial charge on any atom is 0.466 e. The van der Waals surface area contributed by atoms with Crippen LogP contribution < -0.4 is 4.74 Å². The fourth-order valence-electron chi connectivity index (χ4n) is 2.60. The Hall–Kier alpha value is -3.50. The summed E-state index contributed by atoms with van der Waals surface area (Å²) in [5.41, 5.74) is 2.72. The molecule has 0 aliphatic carbocycles. The van der Waals surface area contributed by atoms with Gasteiger partial charge in [0.05, 0.1) is 18.2 Å². The summed E-state index contributed by atoms with van der Waals surface area (Å²) in [5, 5.41) is 0. The van der Waals surface area contributed by atoms with Crippen molar-refractivity contribution in [2.45, 2.75) is 6.92 Å². The number of ether oxygens (including phenoxy) is 3. The van der Waals surface area contributed by atoms with E-state index in [1.165, 1.54) is 14.0 Å². The van der Waals surface area contributed by atoms with Gasteiger partial charge in [0.25, 0.3) is 0 Å². The van der Waals surface area contributed by atoms with Gasteiger partial charge < -0.3 is 33.9 Å². The van der Waals surface area contributed by atoms with Crippen LogP contribution in [-0.2, 0) is 18.8 Å². The number of fused-ring (bicyclic) bond motifs is 1. The molecule has 0 fully saturated rings. The number of imidazole rings is 1. The maximum atomic E-state index is 11.8. The number of phosphoric acid groups is 1. The quantitative estimate of drug-likeness (QED) is 0.225. The fourth-order valence-corrected chi connectivity index (χ4v) is 2.60. The molecule has 1 heterocycles. The Kier molecular flexibility index (Phi) is 9.31. The predicted molar refractivity (Wildman–Crippen MR) is 119 cm³/mol. The van der Waals surface area contributed by atoms with Crippen LogP contribution in [0.4, 0.5) is 0 Å². The molecule has 176 valence electrons. The van der Waals surface area contributed by atoms with Gasteiger partial charge in [-0.3, -0.25) is 4.79 Å². The van der Waals surface area contributed by atoms with Gasteiger partial charge in [-0.05, 0) is 35.9 Å². The third-order valence-corrected chi connectivity index (χ3v) is 3.91. The monoisotopic (exact) mass is 478 g/mol. The topological polar surface area (TPSA) is 168 Å². The lowest BCUT2D eigenvalue weighted by atomic mass is 10.2. The zero-order valence-corrected chi connectivity index (χ0v) is 18.7. The van der Waals surface area contributed by atoms with Crippen LogP contribution in [0.1, 0.15) is 28.7 Å². The molecule has 0 unspecified atom stereocenters. The molecule has 2 aromatic carbocycles. The average Bonchev–Trinajstić information content (AvgIpc) is 3.17. The predicted octanol–water partition coefficient (Wildman–Crippen LogP) is 2.53. The van der Waals surface area contributed by atoms with E-state index in [0.717, 1.165) is 11.1 Å². The van der Waals surface area contributed by atoms with Crippen LogP contribution in [0.5, 0.6) is 5.75 Å². The highest BCUT2D eigenvalue weighted by molar-refractivity contribution is 7.45. The zero-order valence-electron chi connectivity index (χ0n) is 17.8. The number of rotatable bonds is 7. The molecule has 0 radical (unpaired) electrons. The number of benzene rings is 2. The molecule has 0 aliphatic rings. The van der Waals surface area contributed by atoms with Gasteiger partial charge in [-0.2, -0.15) is 0 Å². The lowest BCUT2D eigenvalue weighted by Gasteiger charge is -2.06. The number of carbonyl (C=O) groups is 2. The highest BCUT2D eigenvalue weighted by atomic mass is 31.2. The van der Waals surface area contributed by atoms with Crippen molar-refractivity contribution >= 4 is 42.9 Å². The van der Waals surface area contributed by atoms with Crippen molar-refractivity contribution in [3.05, 3.63) is 59.4 Å². The Morgan fingerprint density at radius 2 is 1.73 bits per heavy atom. The number of nitrogens with zero attached hydrogens (tertiary/aromatic N) is 1. The number of aromatic amines is 1. The van der Waals surface area contributed by atoms with E-state index in [2.05, 4.69) is 9.97 Å². The molecule has 12 heteroatoms. The van der Waals surface area contributed by atoms with Gasteiger partial charge in [-0.1, -0.05) is 24.3 Å². The van der Waals surface area contributed by atoms with Gasteiger partial charge in [0.1, 0.15) is 30.3 Å². The SMILES string of the molecule is COC(=O)c1cccc2[nH]c(/C=C/c3ccc(OCCOC(C)=O)cc3)nc12.O=P(O)(O)O. The van der Waals surface area contributed by atoms with Crippen LogP contribution in [0, 0.1) is 0 Å². The van der Waals surface area contributed by atoms with Crippen LogP contribution in [0.25, 0.3) is 23.2 Å². The second kappa shape index (κ2) is 11.9. The van der Waals surface area contributed by atoms with Crippen LogP contribution in [0.3, 0.4) is 0 Å². The van der Waals surface area contributed by atoms with E-state index in [1.54, 1.807) is 12.1 Å². The number of nitrogens with one attached hydrogen (secondary N) is 1. The van der Waals surface area contributed by atoms with E-state index in [1.807, 2.05) is 42.5 Å². The summed E-state index contributed by atoms with van der Waals surface area (Å²) in [6.45, 7) is 1.88. The van der Waals surface area contributed by atoms with Gasteiger partial charge >= 0.3 is 19.8 Å². The van der Waals surface area contributed by atoms with E-state index in [4.69, 9.17) is 33.5 Å². The lowest BCUT2D eigenvalue weighted by molar-refractivity contribution is -0.141. The number of hydrogen-bond acceptors (Lipinski definition) is 7. The van der Waals surface area contributed by atoms with E-state index in [9.17, 15) is 9.59 Å². The molecular weight excluding hydrogens is 455 g/mol. The summed E-state index contributed by atoms with van der Waals surface area (Å²) in [6, 6.07) is 12.8. The number of hydrogen-bond donors (Lipinski definition) is 4. The second-order valence-electron chi connectivity index (χ2n) is 6.42. The van der Waals surface area contributed by atoms with Crippen molar-refractivity contribution < 1.29 is 43.0 Å². The number of methoxy groups -OCH3 is 1. The van der Waals surface area contributed by atoms with Crippen molar-refractivity contribution in [3.8, 4) is 5.75 Å².